The van der Waals surface area contributed by atoms with Crippen LogP contribution in [0.3, 0.4) is 0 Å². The molecule has 114 valence electrons. The van der Waals surface area contributed by atoms with Gasteiger partial charge in [0.15, 0.2) is 0 Å². The third-order valence-corrected chi connectivity index (χ3v) is 3.65. The Kier molecular flexibility index (Phi) is 7.78. The summed E-state index contributed by atoms with van der Waals surface area (Å²) < 4.78 is 0. The van der Waals surface area contributed by atoms with Gasteiger partial charge in [-0.25, -0.2) is 0 Å². The molecule has 0 radical (unpaired) electrons. The van der Waals surface area contributed by atoms with Crippen molar-refractivity contribution in [3.8, 4) is 0 Å². The summed E-state index contributed by atoms with van der Waals surface area (Å²) in [5, 5.41) is 3.17. The van der Waals surface area contributed by atoms with E-state index in [2.05, 4.69) is 56.1 Å². The van der Waals surface area contributed by atoms with E-state index in [1.165, 1.54) is 18.5 Å². The van der Waals surface area contributed by atoms with E-state index in [-0.39, 0.29) is 0 Å². The van der Waals surface area contributed by atoms with E-state index in [4.69, 9.17) is 4.98 Å². The molecule has 0 saturated carbocycles. The molecule has 0 atom stereocenters. The van der Waals surface area contributed by atoms with Crippen molar-refractivity contribution in [3.63, 3.8) is 0 Å². The van der Waals surface area contributed by atoms with Crippen molar-refractivity contribution in [2.75, 3.05) is 13.6 Å². The lowest BCUT2D eigenvalue weighted by molar-refractivity contribution is 0.155. The van der Waals surface area contributed by atoms with Gasteiger partial charge in [-0.2, -0.15) is 0 Å². The summed E-state index contributed by atoms with van der Waals surface area (Å²) in [6, 6.07) is 7.01. The molecule has 0 aliphatic rings. The molecule has 20 heavy (non-hydrogen) atoms. The zero-order chi connectivity index (χ0) is 15.0. The lowest BCUT2D eigenvalue weighted by Crippen LogP contribution is -2.37. The molecule has 1 aromatic heterocycles. The highest BCUT2D eigenvalue weighted by Crippen LogP contribution is 2.15. The van der Waals surface area contributed by atoms with E-state index >= 15 is 0 Å². The summed E-state index contributed by atoms with van der Waals surface area (Å²) >= 11 is 0. The van der Waals surface area contributed by atoms with Crippen molar-refractivity contribution in [2.45, 2.75) is 59.7 Å². The second kappa shape index (κ2) is 9.09. The van der Waals surface area contributed by atoms with Gasteiger partial charge in [0, 0.05) is 25.7 Å². The van der Waals surface area contributed by atoms with Crippen LogP contribution in [0, 0.1) is 5.92 Å². The largest absolute Gasteiger partial charge is 0.314 e. The maximum absolute atomic E-state index is 4.76. The minimum absolute atomic E-state index is 0.659. The lowest BCUT2D eigenvalue weighted by atomic mass is 10.1. The summed E-state index contributed by atoms with van der Waals surface area (Å²) in [6.07, 6.45) is 2.42. The molecule has 3 heteroatoms. The standard InChI is InChI=1S/C17H31N3/c1-6-17(7-2)20(12-14(3)4)13-16-10-8-9-15(19-16)11-18-5/h8-10,14,17-18H,6-7,11-13H2,1-5H3. The number of nitrogens with one attached hydrogen (secondary N) is 1. The Hall–Kier alpha value is -0.930. The minimum Gasteiger partial charge on any atom is -0.314 e. The van der Waals surface area contributed by atoms with E-state index in [0.717, 1.165) is 25.3 Å². The Morgan fingerprint density at radius 1 is 1.15 bits per heavy atom. The molecule has 0 aromatic carbocycles. The molecule has 1 heterocycles. The Balaban J connectivity index is 2.79. The monoisotopic (exact) mass is 277 g/mol. The van der Waals surface area contributed by atoms with Crippen LogP contribution in [0.1, 0.15) is 51.9 Å². The Bertz CT molecular complexity index is 372. The van der Waals surface area contributed by atoms with Gasteiger partial charge < -0.3 is 5.32 Å². The molecule has 1 aromatic rings. The van der Waals surface area contributed by atoms with Crippen molar-refractivity contribution in [2.24, 2.45) is 5.92 Å². The maximum Gasteiger partial charge on any atom is 0.0547 e. The molecule has 0 aliphatic carbocycles. The van der Waals surface area contributed by atoms with E-state index in [1.54, 1.807) is 0 Å². The van der Waals surface area contributed by atoms with Gasteiger partial charge in [0.1, 0.15) is 0 Å². The molecule has 1 N–H and O–H groups in total. The van der Waals surface area contributed by atoms with E-state index in [0.29, 0.717) is 12.0 Å². The SMILES string of the molecule is CCC(CC)N(Cc1cccc(CNC)n1)CC(C)C. The molecule has 0 saturated heterocycles. The predicted molar refractivity (Wildman–Crippen MR) is 86.6 cm³/mol. The first-order valence-corrected chi connectivity index (χ1v) is 7.94. The summed E-state index contributed by atoms with van der Waals surface area (Å²) in [4.78, 5) is 7.35. The third-order valence-electron chi connectivity index (χ3n) is 3.65. The van der Waals surface area contributed by atoms with Crippen LogP contribution in [0.5, 0.6) is 0 Å². The highest BCUT2D eigenvalue weighted by molar-refractivity contribution is 5.11. The molecule has 0 unspecified atom stereocenters. The van der Waals surface area contributed by atoms with Crippen molar-refractivity contribution in [1.82, 2.24) is 15.2 Å². The molecule has 0 bridgehead atoms. The van der Waals surface area contributed by atoms with Gasteiger partial charge in [0.2, 0.25) is 0 Å². The van der Waals surface area contributed by atoms with Crippen LogP contribution in [0.4, 0.5) is 0 Å². The van der Waals surface area contributed by atoms with Crippen molar-refractivity contribution in [3.05, 3.63) is 29.6 Å². The summed E-state index contributed by atoms with van der Waals surface area (Å²) in [5.41, 5.74) is 2.31. The van der Waals surface area contributed by atoms with Crippen molar-refractivity contribution >= 4 is 0 Å². The van der Waals surface area contributed by atoms with E-state index < -0.39 is 0 Å². The van der Waals surface area contributed by atoms with Gasteiger partial charge in [-0.05, 0) is 37.9 Å². The normalized spacial score (nSPS) is 11.8. The molecule has 0 aliphatic heterocycles. The zero-order valence-electron chi connectivity index (χ0n) is 13.8. The Labute approximate surface area is 124 Å². The summed E-state index contributed by atoms with van der Waals surface area (Å²) in [5.74, 6) is 0.691. The minimum atomic E-state index is 0.659. The first-order chi connectivity index (χ1) is 9.60. The highest BCUT2D eigenvalue weighted by Gasteiger charge is 2.17. The van der Waals surface area contributed by atoms with Crippen LogP contribution in [-0.4, -0.2) is 29.5 Å². The molecular weight excluding hydrogens is 246 g/mol. The first-order valence-electron chi connectivity index (χ1n) is 7.94. The molecule has 0 fully saturated rings. The fourth-order valence-electron chi connectivity index (χ4n) is 2.72. The van der Waals surface area contributed by atoms with Gasteiger partial charge in [-0.15, -0.1) is 0 Å². The average Bonchev–Trinajstić information content (AvgIpc) is 2.40. The smallest absolute Gasteiger partial charge is 0.0547 e. The number of hydrogen-bond donors (Lipinski definition) is 1. The van der Waals surface area contributed by atoms with Crippen LogP contribution < -0.4 is 5.32 Å². The quantitative estimate of drug-likeness (QED) is 0.749. The van der Waals surface area contributed by atoms with Crippen molar-refractivity contribution in [1.29, 1.82) is 0 Å². The number of hydrogen-bond acceptors (Lipinski definition) is 3. The fraction of sp³-hybridized carbons (Fsp3) is 0.706. The first kappa shape index (κ1) is 17.1. The van der Waals surface area contributed by atoms with Crippen molar-refractivity contribution < 1.29 is 0 Å². The lowest BCUT2D eigenvalue weighted by Gasteiger charge is -2.31. The topological polar surface area (TPSA) is 28.2 Å². The number of pyridine rings is 1. The van der Waals surface area contributed by atoms with E-state index in [1.807, 2.05) is 7.05 Å². The number of aromatic nitrogens is 1. The van der Waals surface area contributed by atoms with Gasteiger partial charge in [0.25, 0.3) is 0 Å². The van der Waals surface area contributed by atoms with Gasteiger partial charge in [0.05, 0.1) is 11.4 Å². The van der Waals surface area contributed by atoms with Crippen LogP contribution in [-0.2, 0) is 13.1 Å². The predicted octanol–water partition coefficient (Wildman–Crippen LogP) is 3.45. The second-order valence-corrected chi connectivity index (χ2v) is 5.94. The fourth-order valence-corrected chi connectivity index (χ4v) is 2.72. The zero-order valence-corrected chi connectivity index (χ0v) is 13.8. The second-order valence-electron chi connectivity index (χ2n) is 5.94. The molecule has 0 spiro atoms. The van der Waals surface area contributed by atoms with Gasteiger partial charge in [-0.3, -0.25) is 9.88 Å². The van der Waals surface area contributed by atoms with Crippen LogP contribution >= 0.6 is 0 Å². The van der Waals surface area contributed by atoms with Gasteiger partial charge >= 0.3 is 0 Å². The number of nitrogens with zero attached hydrogens (tertiary/aromatic N) is 2. The van der Waals surface area contributed by atoms with Crippen LogP contribution in [0.15, 0.2) is 18.2 Å². The average molecular weight is 277 g/mol. The van der Waals surface area contributed by atoms with Crippen LogP contribution in [0.2, 0.25) is 0 Å². The van der Waals surface area contributed by atoms with Crippen LogP contribution in [0.25, 0.3) is 0 Å². The molecule has 3 nitrogen and oxygen atoms in total. The Morgan fingerprint density at radius 2 is 1.80 bits per heavy atom. The number of rotatable bonds is 9. The Morgan fingerprint density at radius 3 is 2.35 bits per heavy atom. The summed E-state index contributed by atoms with van der Waals surface area (Å²) in [7, 11) is 1.96. The molecule has 0 amide bonds. The van der Waals surface area contributed by atoms with E-state index in [9.17, 15) is 0 Å². The maximum atomic E-state index is 4.76. The summed E-state index contributed by atoms with van der Waals surface area (Å²) in [6.45, 7) is 12.1. The van der Waals surface area contributed by atoms with Gasteiger partial charge in [-0.1, -0.05) is 33.8 Å². The molecular formula is C17H31N3. The molecule has 1 rings (SSSR count). The third kappa shape index (κ3) is 5.59. The highest BCUT2D eigenvalue weighted by atomic mass is 15.2.